The zero-order chi connectivity index (χ0) is 17.6. The molecule has 124 valence electrons. The van der Waals surface area contributed by atoms with E-state index in [2.05, 4.69) is 21.4 Å². The third-order valence-corrected chi connectivity index (χ3v) is 4.19. The number of amides is 1. The van der Waals surface area contributed by atoms with Crippen molar-refractivity contribution in [1.82, 2.24) is 4.98 Å². The fourth-order valence-electron chi connectivity index (χ4n) is 2.11. The molecule has 1 N–H and O–H groups in total. The molecule has 1 aromatic carbocycles. The SMILES string of the molecule is CC(=O)Nc1ccc(N=CC(C#N)c2nc(-c3ccco3)cs2)cc1. The summed E-state index contributed by atoms with van der Waals surface area (Å²) in [5.41, 5.74) is 2.10. The van der Waals surface area contributed by atoms with Gasteiger partial charge in [0, 0.05) is 24.2 Å². The first kappa shape index (κ1) is 16.6. The summed E-state index contributed by atoms with van der Waals surface area (Å²) in [5, 5.41) is 14.6. The van der Waals surface area contributed by atoms with Gasteiger partial charge in [-0.2, -0.15) is 5.26 Å². The topological polar surface area (TPSA) is 91.3 Å². The van der Waals surface area contributed by atoms with E-state index in [9.17, 15) is 10.1 Å². The van der Waals surface area contributed by atoms with Crippen LogP contribution in [-0.2, 0) is 4.79 Å². The largest absolute Gasteiger partial charge is 0.463 e. The minimum absolute atomic E-state index is 0.128. The van der Waals surface area contributed by atoms with Gasteiger partial charge in [0.1, 0.15) is 16.6 Å². The normalized spacial score (nSPS) is 12.0. The van der Waals surface area contributed by atoms with Crippen molar-refractivity contribution >= 4 is 34.8 Å². The summed E-state index contributed by atoms with van der Waals surface area (Å²) in [6, 6.07) is 12.9. The van der Waals surface area contributed by atoms with E-state index < -0.39 is 5.92 Å². The minimum Gasteiger partial charge on any atom is -0.463 e. The van der Waals surface area contributed by atoms with E-state index >= 15 is 0 Å². The lowest BCUT2D eigenvalue weighted by atomic mass is 10.2. The highest BCUT2D eigenvalue weighted by atomic mass is 32.1. The summed E-state index contributed by atoms with van der Waals surface area (Å²) in [6.07, 6.45) is 3.15. The van der Waals surface area contributed by atoms with E-state index in [-0.39, 0.29) is 5.91 Å². The standard InChI is InChI=1S/C18H14N4O2S/c1-12(23)21-15-6-4-14(5-7-15)20-10-13(9-19)18-22-16(11-25-18)17-3-2-8-24-17/h2-8,10-11,13H,1H3,(H,21,23). The molecule has 3 rings (SSSR count). The first-order chi connectivity index (χ1) is 12.2. The number of aliphatic imine (C=N–C) groups is 1. The van der Waals surface area contributed by atoms with Crippen molar-refractivity contribution < 1.29 is 9.21 Å². The van der Waals surface area contributed by atoms with E-state index in [0.717, 1.165) is 0 Å². The van der Waals surface area contributed by atoms with Crippen molar-refractivity contribution in [2.75, 3.05) is 5.32 Å². The minimum atomic E-state index is -0.538. The number of carbonyl (C=O) groups is 1. The lowest BCUT2D eigenvalue weighted by Crippen LogP contribution is -2.04. The van der Waals surface area contributed by atoms with Gasteiger partial charge >= 0.3 is 0 Å². The number of thiazole rings is 1. The first-order valence-electron chi connectivity index (χ1n) is 7.46. The number of benzene rings is 1. The zero-order valence-electron chi connectivity index (χ0n) is 13.3. The van der Waals surface area contributed by atoms with Gasteiger partial charge in [-0.15, -0.1) is 11.3 Å². The molecule has 0 saturated heterocycles. The van der Waals surface area contributed by atoms with Gasteiger partial charge in [-0.05, 0) is 36.4 Å². The van der Waals surface area contributed by atoms with Crippen molar-refractivity contribution in [3.63, 3.8) is 0 Å². The Morgan fingerprint density at radius 2 is 2.20 bits per heavy atom. The predicted molar refractivity (Wildman–Crippen MR) is 97.1 cm³/mol. The molecule has 3 aromatic rings. The molecule has 7 heteroatoms. The molecule has 2 heterocycles. The van der Waals surface area contributed by atoms with Crippen LogP contribution in [-0.4, -0.2) is 17.1 Å². The highest BCUT2D eigenvalue weighted by Crippen LogP contribution is 2.26. The Labute approximate surface area is 148 Å². The Morgan fingerprint density at radius 1 is 1.40 bits per heavy atom. The molecule has 6 nitrogen and oxygen atoms in total. The summed E-state index contributed by atoms with van der Waals surface area (Å²) in [6.45, 7) is 1.45. The van der Waals surface area contributed by atoms with Crippen molar-refractivity contribution in [3.05, 3.63) is 53.0 Å². The number of rotatable bonds is 5. The number of nitrogens with zero attached hydrogens (tertiary/aromatic N) is 3. The molecule has 0 saturated carbocycles. The smallest absolute Gasteiger partial charge is 0.221 e. The van der Waals surface area contributed by atoms with E-state index in [1.807, 2.05) is 11.4 Å². The van der Waals surface area contributed by atoms with Crippen LogP contribution in [0.1, 0.15) is 17.8 Å². The number of furan rings is 1. The molecule has 25 heavy (non-hydrogen) atoms. The van der Waals surface area contributed by atoms with Crippen LogP contribution in [0.4, 0.5) is 11.4 Å². The molecular formula is C18H14N4O2S. The highest BCUT2D eigenvalue weighted by Gasteiger charge is 2.14. The molecule has 1 unspecified atom stereocenters. The first-order valence-corrected chi connectivity index (χ1v) is 8.34. The van der Waals surface area contributed by atoms with Crippen LogP contribution in [0.25, 0.3) is 11.5 Å². The predicted octanol–water partition coefficient (Wildman–Crippen LogP) is 4.37. The average Bonchev–Trinajstić information content (AvgIpc) is 3.28. The van der Waals surface area contributed by atoms with Crippen molar-refractivity contribution in [1.29, 1.82) is 5.26 Å². The maximum absolute atomic E-state index is 11.0. The molecule has 0 fully saturated rings. The molecular weight excluding hydrogens is 336 g/mol. The Balaban J connectivity index is 1.73. The zero-order valence-corrected chi connectivity index (χ0v) is 14.2. The fraction of sp³-hybridized carbons (Fsp3) is 0.111. The Morgan fingerprint density at radius 3 is 2.84 bits per heavy atom. The van der Waals surface area contributed by atoms with Crippen LogP contribution in [0.3, 0.4) is 0 Å². The van der Waals surface area contributed by atoms with Gasteiger partial charge in [0.2, 0.25) is 5.91 Å². The van der Waals surface area contributed by atoms with Crippen LogP contribution in [0.2, 0.25) is 0 Å². The number of carbonyl (C=O) groups excluding carboxylic acids is 1. The Hall–Kier alpha value is -3.24. The third kappa shape index (κ3) is 4.19. The number of hydrogen-bond donors (Lipinski definition) is 1. The number of nitrogens with one attached hydrogen (secondary N) is 1. The van der Waals surface area contributed by atoms with Gasteiger partial charge in [0.15, 0.2) is 5.76 Å². The molecule has 1 amide bonds. The average molecular weight is 350 g/mol. The van der Waals surface area contributed by atoms with Crippen LogP contribution in [0, 0.1) is 11.3 Å². The lowest BCUT2D eigenvalue weighted by Gasteiger charge is -2.02. The monoisotopic (exact) mass is 350 g/mol. The number of hydrogen-bond acceptors (Lipinski definition) is 6. The maximum atomic E-state index is 11.0. The maximum Gasteiger partial charge on any atom is 0.221 e. The van der Waals surface area contributed by atoms with E-state index in [4.69, 9.17) is 4.42 Å². The van der Waals surface area contributed by atoms with Gasteiger partial charge < -0.3 is 9.73 Å². The summed E-state index contributed by atoms with van der Waals surface area (Å²) in [5.74, 6) is 0.00495. The van der Waals surface area contributed by atoms with Gasteiger partial charge in [-0.1, -0.05) is 0 Å². The highest BCUT2D eigenvalue weighted by molar-refractivity contribution is 7.10. The number of aromatic nitrogens is 1. The van der Waals surface area contributed by atoms with Crippen LogP contribution < -0.4 is 5.32 Å². The van der Waals surface area contributed by atoms with Crippen LogP contribution >= 0.6 is 11.3 Å². The second-order valence-electron chi connectivity index (χ2n) is 5.16. The summed E-state index contributed by atoms with van der Waals surface area (Å²) < 4.78 is 5.31. The fourth-order valence-corrected chi connectivity index (χ4v) is 2.93. The van der Waals surface area contributed by atoms with Gasteiger partial charge in [0.25, 0.3) is 0 Å². The van der Waals surface area contributed by atoms with Gasteiger partial charge in [-0.3, -0.25) is 9.79 Å². The quantitative estimate of drug-likeness (QED) is 0.692. The van der Waals surface area contributed by atoms with E-state index in [1.54, 1.807) is 42.8 Å². The van der Waals surface area contributed by atoms with Gasteiger partial charge in [0.05, 0.1) is 18.0 Å². The molecule has 0 bridgehead atoms. The second-order valence-corrected chi connectivity index (χ2v) is 6.05. The summed E-state index contributed by atoms with van der Waals surface area (Å²) in [7, 11) is 0. The molecule has 1 atom stereocenters. The molecule has 0 radical (unpaired) electrons. The Kier molecular flexibility index (Phi) is 5.02. The molecule has 0 aliphatic carbocycles. The molecule has 0 aliphatic rings. The summed E-state index contributed by atoms with van der Waals surface area (Å²) >= 11 is 1.39. The van der Waals surface area contributed by atoms with Crippen molar-refractivity contribution in [3.8, 4) is 17.5 Å². The number of nitriles is 1. The number of anilines is 1. The van der Waals surface area contributed by atoms with E-state index in [0.29, 0.717) is 27.8 Å². The van der Waals surface area contributed by atoms with Crippen molar-refractivity contribution in [2.45, 2.75) is 12.8 Å². The second kappa shape index (κ2) is 7.55. The molecule has 0 spiro atoms. The molecule has 0 aliphatic heterocycles. The Bertz CT molecular complexity index is 921. The van der Waals surface area contributed by atoms with E-state index in [1.165, 1.54) is 18.3 Å². The van der Waals surface area contributed by atoms with Crippen LogP contribution in [0.5, 0.6) is 0 Å². The molecule has 2 aromatic heterocycles. The third-order valence-electron chi connectivity index (χ3n) is 3.26. The lowest BCUT2D eigenvalue weighted by molar-refractivity contribution is -0.114. The summed E-state index contributed by atoms with van der Waals surface area (Å²) in [4.78, 5) is 19.8. The van der Waals surface area contributed by atoms with Gasteiger partial charge in [-0.25, -0.2) is 4.98 Å². The van der Waals surface area contributed by atoms with Crippen molar-refractivity contribution in [2.24, 2.45) is 4.99 Å². The van der Waals surface area contributed by atoms with Crippen LogP contribution in [0.15, 0.2) is 57.5 Å².